The normalized spacial score (nSPS) is 15.7. The van der Waals surface area contributed by atoms with E-state index in [9.17, 15) is 4.79 Å². The topological polar surface area (TPSA) is 35.5 Å². The van der Waals surface area contributed by atoms with Crippen molar-refractivity contribution in [2.24, 2.45) is 5.92 Å². The van der Waals surface area contributed by atoms with E-state index in [0.29, 0.717) is 11.3 Å². The molecule has 0 bridgehead atoms. The lowest BCUT2D eigenvalue weighted by Crippen LogP contribution is -2.13. The summed E-state index contributed by atoms with van der Waals surface area (Å²) in [4.78, 5) is 12.5. The summed E-state index contributed by atoms with van der Waals surface area (Å²) in [6.07, 6.45) is 4.34. The summed E-state index contributed by atoms with van der Waals surface area (Å²) in [5, 5.41) is 0. The number of rotatable bonds is 4. The van der Waals surface area contributed by atoms with Gasteiger partial charge in [-0.2, -0.15) is 0 Å². The van der Waals surface area contributed by atoms with Crippen molar-refractivity contribution in [1.82, 2.24) is 0 Å². The summed E-state index contributed by atoms with van der Waals surface area (Å²) < 4.78 is 10.7. The molecule has 0 aliphatic heterocycles. The number of ketones is 1. The Morgan fingerprint density at radius 1 is 1.17 bits per heavy atom. The SMILES string of the molecule is COc1ccc(C(=O)C2CCCC2)c(OC)c1C. The lowest BCUT2D eigenvalue weighted by molar-refractivity contribution is 0.0919. The number of hydrogen-bond acceptors (Lipinski definition) is 3. The second-order valence-corrected chi connectivity index (χ2v) is 4.82. The number of methoxy groups -OCH3 is 2. The largest absolute Gasteiger partial charge is 0.496 e. The molecule has 0 heterocycles. The van der Waals surface area contributed by atoms with Gasteiger partial charge < -0.3 is 9.47 Å². The van der Waals surface area contributed by atoms with Crippen LogP contribution in [0.1, 0.15) is 41.6 Å². The summed E-state index contributed by atoms with van der Waals surface area (Å²) in [5.74, 6) is 1.81. The van der Waals surface area contributed by atoms with Crippen molar-refractivity contribution in [3.05, 3.63) is 23.3 Å². The lowest BCUT2D eigenvalue weighted by atomic mass is 9.94. The zero-order chi connectivity index (χ0) is 13.1. The van der Waals surface area contributed by atoms with Gasteiger partial charge in [-0.3, -0.25) is 4.79 Å². The smallest absolute Gasteiger partial charge is 0.169 e. The molecular formula is C15H20O3. The molecule has 18 heavy (non-hydrogen) atoms. The van der Waals surface area contributed by atoms with Crippen LogP contribution in [0.25, 0.3) is 0 Å². The van der Waals surface area contributed by atoms with E-state index in [1.54, 1.807) is 14.2 Å². The van der Waals surface area contributed by atoms with E-state index in [1.807, 2.05) is 19.1 Å². The molecule has 0 spiro atoms. The molecule has 3 nitrogen and oxygen atoms in total. The number of carbonyl (C=O) groups is 1. The number of hydrogen-bond donors (Lipinski definition) is 0. The van der Waals surface area contributed by atoms with E-state index < -0.39 is 0 Å². The molecule has 2 rings (SSSR count). The van der Waals surface area contributed by atoms with Crippen molar-refractivity contribution >= 4 is 5.78 Å². The molecule has 1 aromatic carbocycles. The molecule has 1 aliphatic rings. The minimum atomic E-state index is 0.173. The Morgan fingerprint density at radius 2 is 1.83 bits per heavy atom. The maximum absolute atomic E-state index is 12.5. The van der Waals surface area contributed by atoms with Gasteiger partial charge in [0.15, 0.2) is 5.78 Å². The number of Topliss-reactive ketones (excluding diaryl/α,β-unsaturated/α-hetero) is 1. The van der Waals surface area contributed by atoms with Gasteiger partial charge in [0.2, 0.25) is 0 Å². The highest BCUT2D eigenvalue weighted by atomic mass is 16.5. The van der Waals surface area contributed by atoms with Crippen LogP contribution in [0, 0.1) is 12.8 Å². The molecule has 3 heteroatoms. The number of carbonyl (C=O) groups excluding carboxylic acids is 1. The first kappa shape index (κ1) is 12.9. The van der Waals surface area contributed by atoms with E-state index in [-0.39, 0.29) is 11.7 Å². The van der Waals surface area contributed by atoms with Gasteiger partial charge >= 0.3 is 0 Å². The molecule has 0 atom stereocenters. The Morgan fingerprint density at radius 3 is 2.39 bits per heavy atom. The Hall–Kier alpha value is -1.51. The highest BCUT2D eigenvalue weighted by molar-refractivity contribution is 6.01. The maximum Gasteiger partial charge on any atom is 0.169 e. The van der Waals surface area contributed by atoms with Crippen molar-refractivity contribution in [3.8, 4) is 11.5 Å². The summed E-state index contributed by atoms with van der Waals surface area (Å²) in [5.41, 5.74) is 1.59. The predicted molar refractivity (Wildman–Crippen MR) is 70.6 cm³/mol. The fourth-order valence-electron chi connectivity index (χ4n) is 2.76. The van der Waals surface area contributed by atoms with Gasteiger partial charge in [-0.05, 0) is 31.9 Å². The van der Waals surface area contributed by atoms with Gasteiger partial charge in [-0.15, -0.1) is 0 Å². The second-order valence-electron chi connectivity index (χ2n) is 4.82. The Balaban J connectivity index is 2.37. The zero-order valence-electron chi connectivity index (χ0n) is 11.3. The van der Waals surface area contributed by atoms with E-state index in [1.165, 1.54) is 0 Å². The van der Waals surface area contributed by atoms with Crippen LogP contribution >= 0.6 is 0 Å². The van der Waals surface area contributed by atoms with Gasteiger partial charge in [0, 0.05) is 11.5 Å². The van der Waals surface area contributed by atoms with Gasteiger partial charge in [-0.1, -0.05) is 12.8 Å². The van der Waals surface area contributed by atoms with Crippen LogP contribution in [-0.4, -0.2) is 20.0 Å². The third-order valence-electron chi connectivity index (χ3n) is 3.77. The molecule has 0 N–H and O–H groups in total. The predicted octanol–water partition coefficient (Wildman–Crippen LogP) is 3.39. The Kier molecular flexibility index (Phi) is 3.90. The first-order chi connectivity index (χ1) is 8.69. The summed E-state index contributed by atoms with van der Waals surface area (Å²) in [6, 6.07) is 3.67. The van der Waals surface area contributed by atoms with Crippen molar-refractivity contribution in [2.75, 3.05) is 14.2 Å². The van der Waals surface area contributed by atoms with E-state index in [4.69, 9.17) is 9.47 Å². The third-order valence-corrected chi connectivity index (χ3v) is 3.77. The van der Waals surface area contributed by atoms with Gasteiger partial charge in [-0.25, -0.2) is 0 Å². The maximum atomic E-state index is 12.5. The highest BCUT2D eigenvalue weighted by Crippen LogP contribution is 2.35. The number of ether oxygens (including phenoxy) is 2. The number of benzene rings is 1. The molecule has 0 saturated heterocycles. The minimum absolute atomic E-state index is 0.173. The fourth-order valence-corrected chi connectivity index (χ4v) is 2.76. The molecule has 98 valence electrons. The van der Waals surface area contributed by atoms with Crippen LogP contribution < -0.4 is 9.47 Å². The molecule has 1 saturated carbocycles. The molecule has 1 aliphatic carbocycles. The highest BCUT2D eigenvalue weighted by Gasteiger charge is 2.27. The molecular weight excluding hydrogens is 228 g/mol. The van der Waals surface area contributed by atoms with Crippen LogP contribution in [0.4, 0.5) is 0 Å². The van der Waals surface area contributed by atoms with Crippen LogP contribution in [0.2, 0.25) is 0 Å². The summed E-state index contributed by atoms with van der Waals surface area (Å²) >= 11 is 0. The molecule has 0 amide bonds. The Bertz CT molecular complexity index is 445. The van der Waals surface area contributed by atoms with Crippen molar-refractivity contribution in [3.63, 3.8) is 0 Å². The summed E-state index contributed by atoms with van der Waals surface area (Å²) in [6.45, 7) is 1.92. The summed E-state index contributed by atoms with van der Waals surface area (Å²) in [7, 11) is 3.23. The molecule has 1 fully saturated rings. The van der Waals surface area contributed by atoms with Crippen LogP contribution in [0.15, 0.2) is 12.1 Å². The quantitative estimate of drug-likeness (QED) is 0.766. The van der Waals surface area contributed by atoms with Crippen LogP contribution in [0.5, 0.6) is 11.5 Å². The fraction of sp³-hybridized carbons (Fsp3) is 0.533. The lowest BCUT2D eigenvalue weighted by Gasteiger charge is -2.16. The Labute approximate surface area is 108 Å². The minimum Gasteiger partial charge on any atom is -0.496 e. The van der Waals surface area contributed by atoms with Gasteiger partial charge in [0.25, 0.3) is 0 Å². The standard InChI is InChI=1S/C15H20O3/c1-10-13(17-2)9-8-12(15(10)18-3)14(16)11-6-4-5-7-11/h8-9,11H,4-7H2,1-3H3. The monoisotopic (exact) mass is 248 g/mol. The van der Waals surface area contributed by atoms with Gasteiger partial charge in [0.05, 0.1) is 19.8 Å². The van der Waals surface area contributed by atoms with Gasteiger partial charge in [0.1, 0.15) is 11.5 Å². The van der Waals surface area contributed by atoms with E-state index in [2.05, 4.69) is 0 Å². The van der Waals surface area contributed by atoms with Crippen molar-refractivity contribution in [1.29, 1.82) is 0 Å². The van der Waals surface area contributed by atoms with Crippen LogP contribution in [0.3, 0.4) is 0 Å². The zero-order valence-corrected chi connectivity index (χ0v) is 11.3. The third kappa shape index (κ3) is 2.22. The second kappa shape index (κ2) is 5.42. The van der Waals surface area contributed by atoms with E-state index in [0.717, 1.165) is 37.0 Å². The average Bonchev–Trinajstić information content (AvgIpc) is 2.91. The van der Waals surface area contributed by atoms with Crippen molar-refractivity contribution in [2.45, 2.75) is 32.6 Å². The van der Waals surface area contributed by atoms with Crippen LogP contribution in [-0.2, 0) is 0 Å². The van der Waals surface area contributed by atoms with E-state index >= 15 is 0 Å². The first-order valence-electron chi connectivity index (χ1n) is 6.44. The first-order valence-corrected chi connectivity index (χ1v) is 6.44. The molecule has 1 aromatic rings. The molecule has 0 radical (unpaired) electrons. The van der Waals surface area contributed by atoms with Crippen molar-refractivity contribution < 1.29 is 14.3 Å². The molecule has 0 aromatic heterocycles. The average molecular weight is 248 g/mol. The molecule has 0 unspecified atom stereocenters.